The van der Waals surface area contributed by atoms with E-state index in [9.17, 15) is 8.42 Å². The molecule has 8 nitrogen and oxygen atoms in total. The number of hydrogen-bond acceptors (Lipinski definition) is 6. The van der Waals surface area contributed by atoms with E-state index in [1.165, 1.54) is 22.5 Å². The first-order chi connectivity index (χ1) is 19.8. The number of fused-ring (bicyclic) bond motifs is 2. The zero-order valence-corrected chi connectivity index (χ0v) is 27.9. The number of rotatable bonds is 4. The third-order valence-electron chi connectivity index (χ3n) is 9.50. The summed E-state index contributed by atoms with van der Waals surface area (Å²) >= 11 is 0. The summed E-state index contributed by atoms with van der Waals surface area (Å²) in [5, 5.41) is 6.89. The number of aromatic nitrogens is 2. The van der Waals surface area contributed by atoms with E-state index in [-0.39, 0.29) is 47.3 Å². The molecular formula is C34H58N6O2S2. The van der Waals surface area contributed by atoms with Crippen molar-refractivity contribution in [2.45, 2.75) is 116 Å². The Hall–Kier alpha value is -1.56. The molecule has 2 spiro atoms. The van der Waals surface area contributed by atoms with Gasteiger partial charge in [-0.25, -0.2) is 17.9 Å². The second kappa shape index (κ2) is 14.5. The molecule has 0 saturated carbocycles. The van der Waals surface area contributed by atoms with Crippen molar-refractivity contribution in [1.29, 1.82) is 0 Å². The highest BCUT2D eigenvalue weighted by atomic mass is 32.2. The smallest absolute Gasteiger partial charge is 0.0976 e. The van der Waals surface area contributed by atoms with Crippen molar-refractivity contribution in [3.63, 3.8) is 0 Å². The first kappa shape index (κ1) is 36.9. The van der Waals surface area contributed by atoms with Crippen molar-refractivity contribution in [1.82, 2.24) is 30.0 Å². The molecule has 2 aliphatic heterocycles. The van der Waals surface area contributed by atoms with E-state index in [1.807, 2.05) is 66.1 Å². The highest BCUT2D eigenvalue weighted by Crippen LogP contribution is 2.52. The molecule has 2 aromatic rings. The fourth-order valence-corrected chi connectivity index (χ4v) is 8.87. The maximum absolute atomic E-state index is 12.6. The number of piperidine rings is 2. The fraction of sp³-hybridized carbons (Fsp3) is 0.706. The molecule has 0 aromatic carbocycles. The van der Waals surface area contributed by atoms with Crippen molar-refractivity contribution in [2.24, 2.45) is 10.8 Å². The molecule has 0 bridgehead atoms. The second-order valence-corrected chi connectivity index (χ2v) is 18.5. The second-order valence-electron chi connectivity index (χ2n) is 14.5. The van der Waals surface area contributed by atoms with Gasteiger partial charge < -0.3 is 10.6 Å². The lowest BCUT2D eigenvalue weighted by Gasteiger charge is -2.40. The Bertz CT molecular complexity index is 1190. The quantitative estimate of drug-likeness (QED) is 0.351. The molecule has 0 unspecified atom stereocenters. The average Bonchev–Trinajstić information content (AvgIpc) is 3.40. The van der Waals surface area contributed by atoms with Crippen molar-refractivity contribution in [3.05, 3.63) is 59.2 Å². The number of hydrogen-bond donors (Lipinski definition) is 4. The highest BCUT2D eigenvalue weighted by molar-refractivity contribution is 7.84. The first-order valence-corrected chi connectivity index (χ1v) is 17.8. The molecule has 4 N–H and O–H groups in total. The highest BCUT2D eigenvalue weighted by Gasteiger charge is 2.49. The van der Waals surface area contributed by atoms with Gasteiger partial charge in [0.1, 0.15) is 0 Å². The van der Waals surface area contributed by atoms with Crippen molar-refractivity contribution < 1.29 is 8.42 Å². The Balaban J connectivity index is 0.000000230. The van der Waals surface area contributed by atoms with E-state index in [0.29, 0.717) is 0 Å². The minimum Gasteiger partial charge on any atom is -0.317 e. The standard InChI is InChI=1S/2C16H25N3OS.2CH4/c2*1-15(2,3)21(20)19-14-12-5-4-8-18-13(12)11-16(14)6-9-17-10-7-16;;/h2*4-5,8,14,17,19H,6-7,9-11H2,1-3H3;2*1H4/t14-,21+;14-,21-;;/m01../s1. The topological polar surface area (TPSA) is 108 Å². The molecule has 2 saturated heterocycles. The normalized spacial score (nSPS) is 24.6. The van der Waals surface area contributed by atoms with Crippen LogP contribution >= 0.6 is 0 Å². The van der Waals surface area contributed by atoms with Crippen molar-refractivity contribution in [3.8, 4) is 0 Å². The van der Waals surface area contributed by atoms with Crippen LogP contribution in [-0.2, 0) is 34.8 Å². The number of nitrogens with zero attached hydrogens (tertiary/aromatic N) is 2. The van der Waals surface area contributed by atoms with Crippen LogP contribution in [0.3, 0.4) is 0 Å². The molecule has 2 aromatic heterocycles. The molecular weight excluding hydrogens is 589 g/mol. The molecule has 2 aliphatic carbocycles. The Morgan fingerprint density at radius 1 is 0.682 bits per heavy atom. The van der Waals surface area contributed by atoms with Gasteiger partial charge in [0.15, 0.2) is 0 Å². The summed E-state index contributed by atoms with van der Waals surface area (Å²) in [6.45, 7) is 16.3. The van der Waals surface area contributed by atoms with Crippen molar-refractivity contribution >= 4 is 22.0 Å². The lowest BCUT2D eigenvalue weighted by atomic mass is 9.74. The largest absolute Gasteiger partial charge is 0.317 e. The van der Waals surface area contributed by atoms with Gasteiger partial charge >= 0.3 is 0 Å². The van der Waals surface area contributed by atoms with E-state index >= 15 is 0 Å². The van der Waals surface area contributed by atoms with E-state index in [0.717, 1.165) is 64.7 Å². The molecule has 44 heavy (non-hydrogen) atoms. The van der Waals surface area contributed by atoms with Crippen molar-refractivity contribution in [2.75, 3.05) is 26.2 Å². The van der Waals surface area contributed by atoms with Gasteiger partial charge in [-0.3, -0.25) is 9.97 Å². The summed E-state index contributed by atoms with van der Waals surface area (Å²) in [7, 11) is -2.12. The van der Waals surface area contributed by atoms with Crippen LogP contribution in [0.2, 0.25) is 0 Å². The molecule has 4 aliphatic rings. The molecule has 0 radical (unpaired) electrons. The molecule has 6 rings (SSSR count). The maximum Gasteiger partial charge on any atom is 0.0976 e. The van der Waals surface area contributed by atoms with E-state index in [4.69, 9.17) is 0 Å². The van der Waals surface area contributed by atoms with Gasteiger partial charge in [0.2, 0.25) is 0 Å². The Kier molecular flexibility index (Phi) is 12.1. The fourth-order valence-electron chi connectivity index (χ4n) is 6.98. The van der Waals surface area contributed by atoms with Gasteiger partial charge in [0.25, 0.3) is 0 Å². The predicted octanol–water partition coefficient (Wildman–Crippen LogP) is 5.47. The third-order valence-corrected chi connectivity index (χ3v) is 12.6. The van der Waals surface area contributed by atoms with Crippen LogP contribution in [0.5, 0.6) is 0 Å². The SMILES string of the molecule is C.C.CC(C)(C)[S@@](=O)N[C@@H]1c2cccnc2CC12CCNCC2.CC(C)(C)[S@@](=O)N[C@H]1c2cccnc2CC12CCNCC2. The monoisotopic (exact) mass is 646 g/mol. The molecule has 10 heteroatoms. The van der Waals surface area contributed by atoms with Gasteiger partial charge in [-0.15, -0.1) is 0 Å². The molecule has 2 fully saturated rings. The van der Waals surface area contributed by atoms with Gasteiger partial charge in [-0.05, 0) is 140 Å². The van der Waals surface area contributed by atoms with Crippen LogP contribution in [0.4, 0.5) is 0 Å². The zero-order chi connectivity index (χ0) is 30.2. The molecule has 0 amide bonds. The van der Waals surface area contributed by atoms with Gasteiger partial charge in [0.05, 0.1) is 43.5 Å². The van der Waals surface area contributed by atoms with E-state index < -0.39 is 22.0 Å². The lowest BCUT2D eigenvalue weighted by Crippen LogP contribution is -2.46. The van der Waals surface area contributed by atoms with Crippen LogP contribution in [-0.4, -0.2) is 54.1 Å². The van der Waals surface area contributed by atoms with Crippen LogP contribution < -0.4 is 20.1 Å². The summed E-state index contributed by atoms with van der Waals surface area (Å²) in [6, 6.07) is 8.60. The van der Waals surface area contributed by atoms with Gasteiger partial charge in [0, 0.05) is 23.8 Å². The van der Waals surface area contributed by atoms with Crippen LogP contribution in [0.15, 0.2) is 36.7 Å². The zero-order valence-electron chi connectivity index (χ0n) is 26.2. The molecule has 248 valence electrons. The molecule has 4 heterocycles. The number of pyridine rings is 2. The summed E-state index contributed by atoms with van der Waals surface area (Å²) in [6.07, 6.45) is 10.2. The average molecular weight is 647 g/mol. The maximum atomic E-state index is 12.6. The summed E-state index contributed by atoms with van der Waals surface area (Å²) in [5.74, 6) is 0. The minimum atomic E-state index is -1.06. The third kappa shape index (κ3) is 7.69. The van der Waals surface area contributed by atoms with Gasteiger partial charge in [-0.1, -0.05) is 27.0 Å². The predicted molar refractivity (Wildman–Crippen MR) is 186 cm³/mol. The summed E-state index contributed by atoms with van der Waals surface area (Å²) < 4.78 is 31.6. The lowest BCUT2D eigenvalue weighted by molar-refractivity contribution is 0.164. The van der Waals surface area contributed by atoms with Crippen LogP contribution in [0, 0.1) is 10.8 Å². The molecule has 4 atom stereocenters. The van der Waals surface area contributed by atoms with Gasteiger partial charge in [-0.2, -0.15) is 0 Å². The summed E-state index contributed by atoms with van der Waals surface area (Å²) in [4.78, 5) is 9.14. The first-order valence-electron chi connectivity index (χ1n) is 15.5. The Morgan fingerprint density at radius 3 is 1.34 bits per heavy atom. The van der Waals surface area contributed by atoms with E-state index in [1.54, 1.807) is 0 Å². The number of nitrogens with one attached hydrogen (secondary N) is 4. The summed E-state index contributed by atoms with van der Waals surface area (Å²) in [5.41, 5.74) is 5.20. The Labute approximate surface area is 272 Å². The van der Waals surface area contributed by atoms with E-state index in [2.05, 4.69) is 42.2 Å². The Morgan fingerprint density at radius 2 is 1.02 bits per heavy atom. The minimum absolute atomic E-state index is 0. The van der Waals surface area contributed by atoms with Crippen LogP contribution in [0.25, 0.3) is 0 Å². The van der Waals surface area contributed by atoms with Crippen LogP contribution in [0.1, 0.15) is 117 Å².